The van der Waals surface area contributed by atoms with Gasteiger partial charge in [0, 0.05) is 6.26 Å². The van der Waals surface area contributed by atoms with E-state index in [9.17, 15) is 12.8 Å². The first-order valence-corrected chi connectivity index (χ1v) is 8.61. The molecule has 0 fully saturated rings. The van der Waals surface area contributed by atoms with E-state index in [1.165, 1.54) is 18.4 Å². The van der Waals surface area contributed by atoms with Gasteiger partial charge in [-0.25, -0.2) is 12.8 Å². The highest BCUT2D eigenvalue weighted by molar-refractivity contribution is 7.92. The van der Waals surface area contributed by atoms with Gasteiger partial charge >= 0.3 is 0 Å². The Balaban J connectivity index is 3.51. The summed E-state index contributed by atoms with van der Waals surface area (Å²) in [5.74, 6) is -0.295. The number of hydrogen-bond acceptors (Lipinski definition) is 3. The Morgan fingerprint density at radius 1 is 1.25 bits per heavy atom. The Labute approximate surface area is 121 Å². The summed E-state index contributed by atoms with van der Waals surface area (Å²) >= 11 is 0. The van der Waals surface area contributed by atoms with Gasteiger partial charge in [-0.15, -0.1) is 0 Å². The molecule has 0 aromatic heterocycles. The molecular weight excluding hydrogens is 277 g/mol. The SMILES string of the molecule is CCNC(c1c(C)cc(F)cc1C)C(C)(C)S(C)(=O)=O. The summed E-state index contributed by atoms with van der Waals surface area (Å²) in [5.41, 5.74) is 2.40. The second kappa shape index (κ2) is 5.82. The molecule has 1 aromatic rings. The lowest BCUT2D eigenvalue weighted by Crippen LogP contribution is -2.45. The zero-order chi connectivity index (χ0) is 15.7. The van der Waals surface area contributed by atoms with Crippen LogP contribution in [0.2, 0.25) is 0 Å². The maximum Gasteiger partial charge on any atom is 0.154 e. The summed E-state index contributed by atoms with van der Waals surface area (Å²) < 4.78 is 36.7. The van der Waals surface area contributed by atoms with Gasteiger partial charge in [-0.2, -0.15) is 0 Å². The van der Waals surface area contributed by atoms with Crippen LogP contribution in [0.15, 0.2) is 12.1 Å². The molecule has 1 atom stereocenters. The van der Waals surface area contributed by atoms with E-state index in [0.717, 1.165) is 16.7 Å². The van der Waals surface area contributed by atoms with Gasteiger partial charge in [0.05, 0.1) is 10.8 Å². The molecule has 1 aromatic carbocycles. The third-order valence-corrected chi connectivity index (χ3v) is 6.05. The van der Waals surface area contributed by atoms with Crippen LogP contribution in [0.25, 0.3) is 0 Å². The fourth-order valence-electron chi connectivity index (χ4n) is 2.49. The van der Waals surface area contributed by atoms with Crippen molar-refractivity contribution in [1.29, 1.82) is 0 Å². The van der Waals surface area contributed by atoms with Gasteiger partial charge in [-0.05, 0) is 63.1 Å². The summed E-state index contributed by atoms with van der Waals surface area (Å²) in [5, 5.41) is 3.25. The van der Waals surface area contributed by atoms with Crippen molar-refractivity contribution in [2.24, 2.45) is 0 Å². The number of rotatable bonds is 5. The lowest BCUT2D eigenvalue weighted by Gasteiger charge is -2.35. The van der Waals surface area contributed by atoms with Crippen molar-refractivity contribution in [1.82, 2.24) is 5.32 Å². The van der Waals surface area contributed by atoms with Crippen LogP contribution in [0.1, 0.15) is 43.5 Å². The molecule has 0 aliphatic heterocycles. The van der Waals surface area contributed by atoms with Gasteiger partial charge < -0.3 is 5.32 Å². The highest BCUT2D eigenvalue weighted by Gasteiger charge is 2.40. The molecule has 0 saturated heterocycles. The number of benzene rings is 1. The fraction of sp³-hybridized carbons (Fsp3) is 0.600. The molecule has 20 heavy (non-hydrogen) atoms. The Bertz CT molecular complexity index is 571. The van der Waals surface area contributed by atoms with E-state index in [0.29, 0.717) is 6.54 Å². The Hall–Kier alpha value is -0.940. The largest absolute Gasteiger partial charge is 0.309 e. The van der Waals surface area contributed by atoms with Crippen molar-refractivity contribution in [3.8, 4) is 0 Å². The van der Waals surface area contributed by atoms with Crippen molar-refractivity contribution < 1.29 is 12.8 Å². The zero-order valence-corrected chi connectivity index (χ0v) is 13.9. The summed E-state index contributed by atoms with van der Waals surface area (Å²) in [6, 6.07) is 2.53. The molecule has 0 saturated carbocycles. The Morgan fingerprint density at radius 2 is 1.70 bits per heavy atom. The smallest absolute Gasteiger partial charge is 0.154 e. The molecule has 5 heteroatoms. The number of halogens is 1. The average molecular weight is 301 g/mol. The highest BCUT2D eigenvalue weighted by atomic mass is 32.2. The van der Waals surface area contributed by atoms with Crippen LogP contribution in [-0.2, 0) is 9.84 Å². The predicted octanol–water partition coefficient (Wildman–Crippen LogP) is 2.92. The monoisotopic (exact) mass is 301 g/mol. The minimum Gasteiger partial charge on any atom is -0.309 e. The van der Waals surface area contributed by atoms with E-state index in [1.54, 1.807) is 13.8 Å². The van der Waals surface area contributed by atoms with Crippen molar-refractivity contribution in [3.63, 3.8) is 0 Å². The van der Waals surface area contributed by atoms with Crippen molar-refractivity contribution >= 4 is 9.84 Å². The van der Waals surface area contributed by atoms with Crippen LogP contribution in [-0.4, -0.2) is 26.0 Å². The Morgan fingerprint density at radius 3 is 2.05 bits per heavy atom. The van der Waals surface area contributed by atoms with E-state index >= 15 is 0 Å². The molecule has 0 spiro atoms. The molecule has 0 aliphatic carbocycles. The summed E-state index contributed by atoms with van der Waals surface area (Å²) in [6.45, 7) is 9.61. The van der Waals surface area contributed by atoms with Crippen LogP contribution < -0.4 is 5.32 Å². The average Bonchev–Trinajstić information content (AvgIpc) is 2.24. The van der Waals surface area contributed by atoms with Crippen molar-refractivity contribution in [3.05, 3.63) is 34.6 Å². The summed E-state index contributed by atoms with van der Waals surface area (Å²) in [7, 11) is -3.27. The molecular formula is C15H24FNO2S. The topological polar surface area (TPSA) is 46.2 Å². The first-order valence-electron chi connectivity index (χ1n) is 6.72. The first kappa shape index (κ1) is 17.1. The van der Waals surface area contributed by atoms with E-state index in [1.807, 2.05) is 20.8 Å². The second-order valence-corrected chi connectivity index (χ2v) is 8.42. The fourth-order valence-corrected chi connectivity index (χ4v) is 3.12. The van der Waals surface area contributed by atoms with Crippen molar-refractivity contribution in [2.45, 2.75) is 45.4 Å². The third kappa shape index (κ3) is 3.20. The van der Waals surface area contributed by atoms with Gasteiger partial charge in [0.2, 0.25) is 0 Å². The van der Waals surface area contributed by atoms with Crippen molar-refractivity contribution in [2.75, 3.05) is 12.8 Å². The van der Waals surface area contributed by atoms with Gasteiger partial charge in [0.25, 0.3) is 0 Å². The van der Waals surface area contributed by atoms with Crippen LogP contribution >= 0.6 is 0 Å². The molecule has 3 nitrogen and oxygen atoms in total. The highest BCUT2D eigenvalue weighted by Crippen LogP contribution is 2.35. The lowest BCUT2D eigenvalue weighted by molar-refractivity contribution is 0.425. The lowest BCUT2D eigenvalue weighted by atomic mass is 9.88. The maximum atomic E-state index is 13.4. The Kier molecular flexibility index (Phi) is 4.98. The van der Waals surface area contributed by atoms with Gasteiger partial charge in [0.15, 0.2) is 9.84 Å². The minimum atomic E-state index is -3.27. The maximum absolute atomic E-state index is 13.4. The van der Waals surface area contributed by atoms with E-state index in [4.69, 9.17) is 0 Å². The van der Waals surface area contributed by atoms with Gasteiger partial charge in [-0.3, -0.25) is 0 Å². The molecule has 114 valence electrons. The molecule has 0 aliphatic rings. The number of hydrogen-bond donors (Lipinski definition) is 1. The number of sulfone groups is 1. The van der Waals surface area contributed by atoms with E-state index in [-0.39, 0.29) is 11.9 Å². The molecule has 0 radical (unpaired) electrons. The zero-order valence-electron chi connectivity index (χ0n) is 13.0. The second-order valence-electron chi connectivity index (χ2n) is 5.82. The quantitative estimate of drug-likeness (QED) is 0.909. The van der Waals surface area contributed by atoms with Crippen LogP contribution in [0.4, 0.5) is 4.39 Å². The van der Waals surface area contributed by atoms with E-state index < -0.39 is 14.6 Å². The van der Waals surface area contributed by atoms with Crippen LogP contribution in [0.5, 0.6) is 0 Å². The van der Waals surface area contributed by atoms with Gasteiger partial charge in [-0.1, -0.05) is 6.92 Å². The third-order valence-electron chi connectivity index (χ3n) is 3.91. The minimum absolute atomic E-state index is 0.295. The summed E-state index contributed by atoms with van der Waals surface area (Å²) in [6.07, 6.45) is 1.24. The normalized spacial score (nSPS) is 14.3. The van der Waals surface area contributed by atoms with Gasteiger partial charge in [0.1, 0.15) is 5.82 Å². The molecule has 0 bridgehead atoms. The predicted molar refractivity (Wildman–Crippen MR) is 81.2 cm³/mol. The first-order chi connectivity index (χ1) is 9.02. The molecule has 1 rings (SSSR count). The van der Waals surface area contributed by atoms with Crippen LogP contribution in [0, 0.1) is 19.7 Å². The molecule has 1 unspecified atom stereocenters. The van der Waals surface area contributed by atoms with E-state index in [2.05, 4.69) is 5.32 Å². The molecule has 0 heterocycles. The molecule has 1 N–H and O–H groups in total. The van der Waals surface area contributed by atoms with Crippen LogP contribution in [0.3, 0.4) is 0 Å². The number of aryl methyl sites for hydroxylation is 2. The molecule has 0 amide bonds. The summed E-state index contributed by atoms with van der Waals surface area (Å²) in [4.78, 5) is 0. The standard InChI is InChI=1S/C15H24FNO2S/c1-7-17-14(15(4,5)20(6,18)19)13-10(2)8-12(16)9-11(13)3/h8-9,14,17H,7H2,1-6H3. The number of nitrogens with one attached hydrogen (secondary N) is 1.